The molecule has 150 valence electrons. The molecule has 1 aliphatic heterocycles. The van der Waals surface area contributed by atoms with E-state index in [2.05, 4.69) is 19.2 Å². The maximum atomic E-state index is 12.9. The van der Waals surface area contributed by atoms with Crippen LogP contribution >= 0.6 is 0 Å². The molecule has 0 bridgehead atoms. The molecule has 27 heavy (non-hydrogen) atoms. The van der Waals surface area contributed by atoms with Crippen molar-refractivity contribution in [2.75, 3.05) is 26.3 Å². The molecular formula is C20H30N2O4S. The molecule has 1 aliphatic carbocycles. The number of sulfonamides is 1. The number of morpholine rings is 1. The molecule has 2 fully saturated rings. The molecule has 3 rings (SSSR count). The van der Waals surface area contributed by atoms with E-state index >= 15 is 0 Å². The summed E-state index contributed by atoms with van der Waals surface area (Å²) in [5, 5.41) is 3.15. The zero-order valence-corrected chi connectivity index (χ0v) is 17.2. The maximum Gasteiger partial charge on any atom is 0.251 e. The monoisotopic (exact) mass is 394 g/mol. The summed E-state index contributed by atoms with van der Waals surface area (Å²) in [6.45, 7) is 7.73. The number of aryl methyl sites for hydroxylation is 1. The summed E-state index contributed by atoms with van der Waals surface area (Å²) in [7, 11) is -3.61. The topological polar surface area (TPSA) is 75.7 Å². The molecule has 1 aromatic rings. The molecule has 0 unspecified atom stereocenters. The lowest BCUT2D eigenvalue weighted by Crippen LogP contribution is -2.44. The van der Waals surface area contributed by atoms with Crippen molar-refractivity contribution in [3.8, 4) is 0 Å². The normalized spacial score (nSPS) is 27.3. The van der Waals surface area contributed by atoms with Gasteiger partial charge in [0, 0.05) is 24.7 Å². The molecule has 7 heteroatoms. The van der Waals surface area contributed by atoms with Gasteiger partial charge in [-0.3, -0.25) is 4.79 Å². The van der Waals surface area contributed by atoms with Gasteiger partial charge in [-0.05, 0) is 42.9 Å². The van der Waals surface area contributed by atoms with E-state index in [1.54, 1.807) is 12.1 Å². The molecule has 2 aliphatic rings. The summed E-state index contributed by atoms with van der Waals surface area (Å²) in [4.78, 5) is 13.1. The first-order valence-electron chi connectivity index (χ1n) is 9.80. The molecule has 1 N–H and O–H groups in total. The zero-order chi connectivity index (χ0) is 19.6. The second-order valence-electron chi connectivity index (χ2n) is 7.84. The molecule has 1 amide bonds. The van der Waals surface area contributed by atoms with Crippen molar-refractivity contribution in [1.29, 1.82) is 0 Å². The van der Waals surface area contributed by atoms with Crippen LogP contribution in [0.15, 0.2) is 23.1 Å². The summed E-state index contributed by atoms with van der Waals surface area (Å²) in [6.07, 6.45) is 3.28. The summed E-state index contributed by atoms with van der Waals surface area (Å²) in [5.74, 6) is 0.818. The summed E-state index contributed by atoms with van der Waals surface area (Å²) < 4.78 is 32.5. The number of amides is 1. The van der Waals surface area contributed by atoms with Gasteiger partial charge in [-0.2, -0.15) is 4.31 Å². The standard InChI is InChI=1S/C20H30N2O4S/c1-14-5-4-6-19(16(14)3)21-20(23)18-13-17(8-7-15(18)2)27(24,25)22-9-11-26-12-10-22/h7-8,13-14,16,19H,4-6,9-12H2,1-3H3,(H,21,23)/t14-,16+,19+/m1/s1. The summed E-state index contributed by atoms with van der Waals surface area (Å²) in [5.41, 5.74) is 1.22. The average Bonchev–Trinajstić information content (AvgIpc) is 2.66. The van der Waals surface area contributed by atoms with Crippen LogP contribution in [-0.2, 0) is 14.8 Å². The number of nitrogens with one attached hydrogen (secondary N) is 1. The van der Waals surface area contributed by atoms with Crippen molar-refractivity contribution in [2.24, 2.45) is 11.8 Å². The Morgan fingerprint density at radius 2 is 1.89 bits per heavy atom. The number of hydrogen-bond acceptors (Lipinski definition) is 4. The van der Waals surface area contributed by atoms with Crippen LogP contribution in [0.1, 0.15) is 49.0 Å². The van der Waals surface area contributed by atoms with Gasteiger partial charge in [-0.15, -0.1) is 0 Å². The first-order valence-corrected chi connectivity index (χ1v) is 11.2. The van der Waals surface area contributed by atoms with Crippen LogP contribution in [0.5, 0.6) is 0 Å². The van der Waals surface area contributed by atoms with Crippen LogP contribution in [0.3, 0.4) is 0 Å². The molecule has 0 radical (unpaired) electrons. The molecule has 3 atom stereocenters. The highest BCUT2D eigenvalue weighted by atomic mass is 32.2. The SMILES string of the molecule is Cc1ccc(S(=O)(=O)N2CCOCC2)cc1C(=O)N[C@H]1CCC[C@@H](C)[C@@H]1C. The largest absolute Gasteiger partial charge is 0.379 e. The molecule has 1 saturated heterocycles. The van der Waals surface area contributed by atoms with E-state index < -0.39 is 10.0 Å². The van der Waals surface area contributed by atoms with Crippen LogP contribution in [0.2, 0.25) is 0 Å². The Morgan fingerprint density at radius 1 is 1.19 bits per heavy atom. The molecule has 0 aromatic heterocycles. The van der Waals surface area contributed by atoms with Crippen LogP contribution < -0.4 is 5.32 Å². The molecule has 1 heterocycles. The fourth-order valence-electron chi connectivity index (χ4n) is 3.97. The quantitative estimate of drug-likeness (QED) is 0.852. The van der Waals surface area contributed by atoms with Crippen molar-refractivity contribution in [1.82, 2.24) is 9.62 Å². The Labute approximate surface area is 162 Å². The van der Waals surface area contributed by atoms with Gasteiger partial charge in [0.25, 0.3) is 5.91 Å². The van der Waals surface area contributed by atoms with Crippen molar-refractivity contribution in [2.45, 2.75) is 51.0 Å². The first kappa shape index (κ1) is 20.3. The van der Waals surface area contributed by atoms with E-state index in [9.17, 15) is 13.2 Å². The Balaban J connectivity index is 1.81. The second-order valence-corrected chi connectivity index (χ2v) is 9.78. The van der Waals surface area contributed by atoms with Crippen molar-refractivity contribution in [3.05, 3.63) is 29.3 Å². The van der Waals surface area contributed by atoms with Crippen molar-refractivity contribution >= 4 is 15.9 Å². The first-order chi connectivity index (χ1) is 12.8. The van der Waals surface area contributed by atoms with Crippen molar-refractivity contribution in [3.63, 3.8) is 0 Å². The second kappa shape index (κ2) is 8.29. The van der Waals surface area contributed by atoms with Gasteiger partial charge in [0.05, 0.1) is 18.1 Å². The molecule has 0 spiro atoms. The fourth-order valence-corrected chi connectivity index (χ4v) is 5.41. The third-order valence-corrected chi connectivity index (χ3v) is 7.98. The number of benzene rings is 1. The number of ether oxygens (including phenoxy) is 1. The lowest BCUT2D eigenvalue weighted by atomic mass is 9.78. The zero-order valence-electron chi connectivity index (χ0n) is 16.4. The van der Waals surface area contributed by atoms with Gasteiger partial charge in [0.15, 0.2) is 0 Å². The summed E-state index contributed by atoms with van der Waals surface area (Å²) in [6, 6.07) is 4.96. The number of rotatable bonds is 4. The maximum absolute atomic E-state index is 12.9. The molecule has 1 aromatic carbocycles. The minimum atomic E-state index is -3.61. The van der Waals surface area contributed by atoms with Crippen LogP contribution in [0.4, 0.5) is 0 Å². The lowest BCUT2D eigenvalue weighted by molar-refractivity contribution is 0.0730. The fraction of sp³-hybridized carbons (Fsp3) is 0.650. The van der Waals surface area contributed by atoms with E-state index in [0.717, 1.165) is 18.4 Å². The minimum Gasteiger partial charge on any atom is -0.379 e. The number of nitrogens with zero attached hydrogens (tertiary/aromatic N) is 1. The highest BCUT2D eigenvalue weighted by Gasteiger charge is 2.30. The van der Waals surface area contributed by atoms with E-state index in [1.807, 2.05) is 6.92 Å². The molecule has 1 saturated carbocycles. The third kappa shape index (κ3) is 4.36. The predicted octanol–water partition coefficient (Wildman–Crippen LogP) is 2.57. The van der Waals surface area contributed by atoms with Crippen LogP contribution in [0, 0.1) is 18.8 Å². The molecule has 6 nitrogen and oxygen atoms in total. The lowest BCUT2D eigenvalue weighted by Gasteiger charge is -2.34. The van der Waals surface area contributed by atoms with E-state index in [0.29, 0.717) is 43.7 Å². The van der Waals surface area contributed by atoms with E-state index in [4.69, 9.17) is 4.74 Å². The van der Waals surface area contributed by atoms with Gasteiger partial charge in [0.1, 0.15) is 0 Å². The van der Waals surface area contributed by atoms with Gasteiger partial charge in [0.2, 0.25) is 10.0 Å². The Hall–Kier alpha value is -1.44. The Kier molecular flexibility index (Phi) is 6.23. The Bertz CT molecular complexity index is 787. The highest BCUT2D eigenvalue weighted by molar-refractivity contribution is 7.89. The van der Waals surface area contributed by atoms with Gasteiger partial charge in [-0.1, -0.05) is 32.8 Å². The van der Waals surface area contributed by atoms with E-state index in [1.165, 1.54) is 16.8 Å². The predicted molar refractivity (Wildman–Crippen MR) is 104 cm³/mol. The number of carbonyl (C=O) groups excluding carboxylic acids is 1. The van der Waals surface area contributed by atoms with Gasteiger partial charge in [-0.25, -0.2) is 8.42 Å². The van der Waals surface area contributed by atoms with Crippen LogP contribution in [0.25, 0.3) is 0 Å². The van der Waals surface area contributed by atoms with Gasteiger partial charge >= 0.3 is 0 Å². The average molecular weight is 395 g/mol. The Morgan fingerprint density at radius 3 is 2.59 bits per heavy atom. The van der Waals surface area contributed by atoms with Gasteiger partial charge < -0.3 is 10.1 Å². The number of carbonyl (C=O) groups is 1. The minimum absolute atomic E-state index is 0.139. The highest BCUT2D eigenvalue weighted by Crippen LogP contribution is 2.30. The van der Waals surface area contributed by atoms with Crippen molar-refractivity contribution < 1.29 is 17.9 Å². The summed E-state index contributed by atoms with van der Waals surface area (Å²) >= 11 is 0. The smallest absolute Gasteiger partial charge is 0.251 e. The molecular weight excluding hydrogens is 364 g/mol. The number of hydrogen-bond donors (Lipinski definition) is 1. The van der Waals surface area contributed by atoms with E-state index in [-0.39, 0.29) is 16.8 Å². The third-order valence-electron chi connectivity index (χ3n) is 6.08. The van der Waals surface area contributed by atoms with Crippen LogP contribution in [-0.4, -0.2) is 51.0 Å².